The molecule has 0 spiro atoms. The molecular formula is C17H18ClIN2O2. The van der Waals surface area contributed by atoms with Crippen molar-refractivity contribution in [3.8, 4) is 0 Å². The van der Waals surface area contributed by atoms with Gasteiger partial charge in [-0.25, -0.2) is 4.68 Å². The number of fused-ring (bicyclic) bond motifs is 1. The van der Waals surface area contributed by atoms with Crippen LogP contribution < -0.4 is 0 Å². The van der Waals surface area contributed by atoms with E-state index in [9.17, 15) is 10.2 Å². The van der Waals surface area contributed by atoms with E-state index in [0.29, 0.717) is 17.4 Å². The zero-order valence-corrected chi connectivity index (χ0v) is 15.5. The molecule has 0 aliphatic heterocycles. The molecule has 1 aromatic heterocycles. The van der Waals surface area contributed by atoms with E-state index in [0.717, 1.165) is 51.8 Å². The average molecular weight is 445 g/mol. The Labute approximate surface area is 153 Å². The lowest BCUT2D eigenvalue weighted by molar-refractivity contribution is 0.115. The Morgan fingerprint density at radius 3 is 2.83 bits per heavy atom. The SMILES string of the molecule is OC1CCc2c(I)nn(C(O)c3c(Cl)cccc3C3CC3)c2C1. The number of aliphatic hydroxyl groups is 2. The fourth-order valence-corrected chi connectivity index (χ4v) is 4.57. The van der Waals surface area contributed by atoms with Crippen molar-refractivity contribution in [1.29, 1.82) is 0 Å². The van der Waals surface area contributed by atoms with Gasteiger partial charge in [-0.2, -0.15) is 5.10 Å². The van der Waals surface area contributed by atoms with Crippen molar-refractivity contribution >= 4 is 34.2 Å². The van der Waals surface area contributed by atoms with Crippen LogP contribution in [0.5, 0.6) is 0 Å². The lowest BCUT2D eigenvalue weighted by Crippen LogP contribution is -2.24. The van der Waals surface area contributed by atoms with Crippen molar-refractivity contribution < 1.29 is 10.2 Å². The van der Waals surface area contributed by atoms with Crippen molar-refractivity contribution in [2.24, 2.45) is 0 Å². The highest BCUT2D eigenvalue weighted by Crippen LogP contribution is 2.45. The first-order valence-corrected chi connectivity index (χ1v) is 9.42. The van der Waals surface area contributed by atoms with Gasteiger partial charge in [-0.3, -0.25) is 0 Å². The minimum atomic E-state index is -0.901. The third kappa shape index (κ3) is 2.81. The number of hydrogen-bond acceptors (Lipinski definition) is 3. The highest BCUT2D eigenvalue weighted by Gasteiger charge is 2.32. The van der Waals surface area contributed by atoms with Gasteiger partial charge in [0.1, 0.15) is 3.70 Å². The Morgan fingerprint density at radius 1 is 1.30 bits per heavy atom. The summed E-state index contributed by atoms with van der Waals surface area (Å²) in [5.74, 6) is 0.495. The van der Waals surface area contributed by atoms with Crippen molar-refractivity contribution in [2.75, 3.05) is 0 Å². The van der Waals surface area contributed by atoms with Crippen molar-refractivity contribution in [2.45, 2.75) is 50.4 Å². The molecule has 23 heavy (non-hydrogen) atoms. The van der Waals surface area contributed by atoms with Gasteiger partial charge in [-0.1, -0.05) is 23.7 Å². The third-order valence-electron chi connectivity index (χ3n) is 4.82. The number of aromatic nitrogens is 2. The molecule has 2 N–H and O–H groups in total. The van der Waals surface area contributed by atoms with E-state index in [2.05, 4.69) is 33.8 Å². The molecule has 0 radical (unpaired) electrons. The molecule has 0 amide bonds. The molecular weight excluding hydrogens is 427 g/mol. The zero-order chi connectivity index (χ0) is 16.1. The van der Waals surface area contributed by atoms with Gasteiger partial charge in [0.15, 0.2) is 6.23 Å². The maximum Gasteiger partial charge on any atom is 0.175 e. The molecule has 0 bridgehead atoms. The lowest BCUT2D eigenvalue weighted by atomic mass is 9.95. The summed E-state index contributed by atoms with van der Waals surface area (Å²) < 4.78 is 2.57. The standard InChI is InChI=1S/C17H18ClIN2O2/c18-13-3-1-2-11(9-4-5-9)15(13)17(23)21-14-8-10(22)6-7-12(14)16(19)20-21/h1-3,9-10,17,22-23H,4-8H2. The van der Waals surface area contributed by atoms with Crippen LogP contribution in [0.2, 0.25) is 5.02 Å². The Kier molecular flexibility index (Phi) is 4.16. The molecule has 2 unspecified atom stereocenters. The largest absolute Gasteiger partial charge is 0.393 e. The van der Waals surface area contributed by atoms with Gasteiger partial charge in [0.05, 0.1) is 6.10 Å². The van der Waals surface area contributed by atoms with Crippen molar-refractivity contribution in [3.05, 3.63) is 49.3 Å². The molecule has 1 aromatic carbocycles. The van der Waals surface area contributed by atoms with Crippen LogP contribution in [0, 0.1) is 3.70 Å². The molecule has 1 fully saturated rings. The Bertz CT molecular complexity index is 757. The summed E-state index contributed by atoms with van der Waals surface area (Å²) in [5.41, 5.74) is 3.97. The van der Waals surface area contributed by atoms with E-state index >= 15 is 0 Å². The van der Waals surface area contributed by atoms with Crippen LogP contribution in [0.1, 0.15) is 53.8 Å². The van der Waals surface area contributed by atoms with Gasteiger partial charge in [0.25, 0.3) is 0 Å². The fraction of sp³-hybridized carbons (Fsp3) is 0.471. The predicted octanol–water partition coefficient (Wildman–Crippen LogP) is 3.41. The molecule has 2 aliphatic rings. The number of benzene rings is 1. The Hall–Kier alpha value is -0.630. The molecule has 1 heterocycles. The third-order valence-corrected chi connectivity index (χ3v) is 6.02. The molecule has 2 aliphatic carbocycles. The van der Waals surface area contributed by atoms with E-state index in [1.807, 2.05) is 12.1 Å². The minimum Gasteiger partial charge on any atom is -0.393 e. The number of nitrogens with zero attached hydrogens (tertiary/aromatic N) is 2. The molecule has 6 heteroatoms. The van der Waals surface area contributed by atoms with Crippen molar-refractivity contribution in [3.63, 3.8) is 0 Å². The first-order chi connectivity index (χ1) is 11.1. The molecule has 122 valence electrons. The normalized spacial score (nSPS) is 22.0. The quantitative estimate of drug-likeness (QED) is 0.714. The number of halogens is 2. The first-order valence-electron chi connectivity index (χ1n) is 7.96. The maximum absolute atomic E-state index is 11.0. The highest BCUT2D eigenvalue weighted by molar-refractivity contribution is 14.1. The second-order valence-electron chi connectivity index (χ2n) is 6.45. The predicted molar refractivity (Wildman–Crippen MR) is 96.8 cm³/mol. The summed E-state index contributed by atoms with van der Waals surface area (Å²) in [6, 6.07) is 5.82. The summed E-state index contributed by atoms with van der Waals surface area (Å²) in [5, 5.41) is 26.1. The molecule has 0 saturated heterocycles. The van der Waals surface area contributed by atoms with Crippen LogP contribution in [0.3, 0.4) is 0 Å². The van der Waals surface area contributed by atoms with Gasteiger partial charge in [0.2, 0.25) is 0 Å². The number of hydrogen-bond donors (Lipinski definition) is 2. The van der Waals surface area contributed by atoms with E-state index < -0.39 is 6.23 Å². The van der Waals surface area contributed by atoms with Crippen LogP contribution in [0.15, 0.2) is 18.2 Å². The Balaban J connectivity index is 1.80. The van der Waals surface area contributed by atoms with E-state index in [1.54, 1.807) is 4.68 Å². The number of rotatable bonds is 3. The monoisotopic (exact) mass is 444 g/mol. The first kappa shape index (κ1) is 15.9. The van der Waals surface area contributed by atoms with Crippen LogP contribution in [0.4, 0.5) is 0 Å². The van der Waals surface area contributed by atoms with Gasteiger partial charge in [-0.05, 0) is 65.8 Å². The fourth-order valence-electron chi connectivity index (χ4n) is 3.47. The van der Waals surface area contributed by atoms with Gasteiger partial charge in [0, 0.05) is 28.3 Å². The van der Waals surface area contributed by atoms with Crippen LogP contribution in [-0.2, 0) is 12.8 Å². The molecule has 1 saturated carbocycles. The zero-order valence-electron chi connectivity index (χ0n) is 12.5. The molecule has 4 nitrogen and oxygen atoms in total. The van der Waals surface area contributed by atoms with Gasteiger partial charge >= 0.3 is 0 Å². The summed E-state index contributed by atoms with van der Waals surface area (Å²) >= 11 is 8.62. The molecule has 2 atom stereocenters. The average Bonchev–Trinajstić information content (AvgIpc) is 3.31. The summed E-state index contributed by atoms with van der Waals surface area (Å²) in [4.78, 5) is 0. The lowest BCUT2D eigenvalue weighted by Gasteiger charge is -2.23. The molecule has 2 aromatic rings. The van der Waals surface area contributed by atoms with Gasteiger partial charge < -0.3 is 10.2 Å². The van der Waals surface area contributed by atoms with Crippen LogP contribution in [-0.4, -0.2) is 26.1 Å². The smallest absolute Gasteiger partial charge is 0.175 e. The van der Waals surface area contributed by atoms with E-state index in [-0.39, 0.29) is 6.10 Å². The second kappa shape index (κ2) is 6.02. The second-order valence-corrected chi connectivity index (χ2v) is 7.88. The summed E-state index contributed by atoms with van der Waals surface area (Å²) in [6.07, 6.45) is 3.12. The summed E-state index contributed by atoms with van der Waals surface area (Å²) in [7, 11) is 0. The van der Waals surface area contributed by atoms with Gasteiger partial charge in [-0.15, -0.1) is 0 Å². The number of aliphatic hydroxyl groups excluding tert-OH is 2. The van der Waals surface area contributed by atoms with Crippen molar-refractivity contribution in [1.82, 2.24) is 9.78 Å². The Morgan fingerprint density at radius 2 is 2.09 bits per heavy atom. The topological polar surface area (TPSA) is 58.3 Å². The minimum absolute atomic E-state index is 0.366. The molecule has 4 rings (SSSR count). The van der Waals surface area contributed by atoms with Crippen LogP contribution in [0.25, 0.3) is 0 Å². The van der Waals surface area contributed by atoms with E-state index in [1.165, 1.54) is 0 Å². The highest BCUT2D eigenvalue weighted by atomic mass is 127. The summed E-state index contributed by atoms with van der Waals surface area (Å²) in [6.45, 7) is 0. The maximum atomic E-state index is 11.0. The van der Waals surface area contributed by atoms with E-state index in [4.69, 9.17) is 11.6 Å². The van der Waals surface area contributed by atoms with Crippen LogP contribution >= 0.6 is 34.2 Å².